The van der Waals surface area contributed by atoms with Crippen molar-refractivity contribution in [2.75, 3.05) is 5.75 Å². The molecule has 0 radical (unpaired) electrons. The molecule has 0 saturated carbocycles. The second-order valence-electron chi connectivity index (χ2n) is 5.07. The molecular weight excluding hydrogens is 369 g/mol. The third-order valence-corrected chi connectivity index (χ3v) is 4.98. The zero-order valence-corrected chi connectivity index (χ0v) is 15.3. The number of halogens is 2. The van der Waals surface area contributed by atoms with E-state index in [1.807, 2.05) is 0 Å². The quantitative estimate of drug-likeness (QED) is 0.556. The predicted octanol–water partition coefficient (Wildman–Crippen LogP) is 4.64. The second kappa shape index (κ2) is 8.43. The van der Waals surface area contributed by atoms with Gasteiger partial charge in [-0.25, -0.2) is 9.78 Å². The summed E-state index contributed by atoms with van der Waals surface area (Å²) in [5, 5.41) is 19.8. The van der Waals surface area contributed by atoms with Crippen LogP contribution in [0.2, 0.25) is 10.0 Å². The van der Waals surface area contributed by atoms with Crippen LogP contribution in [0, 0.1) is 18.3 Å². The number of carboxylic acid groups (broad SMARTS) is 1. The normalized spacial score (nSPS) is 10.6. The first-order valence-electron chi connectivity index (χ1n) is 7.18. The minimum Gasteiger partial charge on any atom is -0.477 e. The van der Waals surface area contributed by atoms with Crippen LogP contribution in [0.4, 0.5) is 0 Å². The standard InChI is InChI=1S/C16H15Cl2N3O2S/c1-10-14(15(22)23)21(16(20-10)24-7-3-2-6-19)9-11-8-12(17)4-5-13(11)18/h4-5,8H,2-3,7,9H2,1H3,(H,22,23). The number of imidazole rings is 1. The molecule has 126 valence electrons. The molecule has 0 amide bonds. The van der Waals surface area contributed by atoms with Crippen LogP contribution in [0.1, 0.15) is 34.6 Å². The lowest BCUT2D eigenvalue weighted by atomic mass is 10.2. The lowest BCUT2D eigenvalue weighted by Gasteiger charge is -2.11. The van der Waals surface area contributed by atoms with Gasteiger partial charge in [-0.15, -0.1) is 0 Å². The summed E-state index contributed by atoms with van der Waals surface area (Å²) in [6.07, 6.45) is 1.17. The number of carbonyl (C=O) groups is 1. The Balaban J connectivity index is 2.36. The van der Waals surface area contributed by atoms with E-state index in [1.165, 1.54) is 11.8 Å². The summed E-state index contributed by atoms with van der Waals surface area (Å²) in [6.45, 7) is 1.93. The summed E-state index contributed by atoms with van der Waals surface area (Å²) < 4.78 is 1.63. The summed E-state index contributed by atoms with van der Waals surface area (Å²) >= 11 is 13.6. The van der Waals surface area contributed by atoms with Gasteiger partial charge in [-0.05, 0) is 37.1 Å². The number of aryl methyl sites for hydroxylation is 1. The van der Waals surface area contributed by atoms with Crippen molar-refractivity contribution >= 4 is 40.9 Å². The molecule has 0 spiro atoms. The number of thioether (sulfide) groups is 1. The largest absolute Gasteiger partial charge is 0.477 e. The van der Waals surface area contributed by atoms with Crippen molar-refractivity contribution in [3.8, 4) is 6.07 Å². The SMILES string of the molecule is Cc1nc(SCCCC#N)n(Cc2cc(Cl)ccc2Cl)c1C(=O)O. The number of rotatable bonds is 7. The summed E-state index contributed by atoms with van der Waals surface area (Å²) in [5.41, 5.74) is 1.31. The van der Waals surface area contributed by atoms with Gasteiger partial charge in [0.1, 0.15) is 0 Å². The Kier molecular flexibility index (Phi) is 6.55. The van der Waals surface area contributed by atoms with E-state index in [-0.39, 0.29) is 12.2 Å². The van der Waals surface area contributed by atoms with Crippen LogP contribution < -0.4 is 0 Å². The van der Waals surface area contributed by atoms with Gasteiger partial charge in [-0.3, -0.25) is 0 Å². The van der Waals surface area contributed by atoms with Gasteiger partial charge < -0.3 is 9.67 Å². The van der Waals surface area contributed by atoms with E-state index < -0.39 is 5.97 Å². The average Bonchev–Trinajstić information content (AvgIpc) is 2.83. The molecular formula is C16H15Cl2N3O2S. The molecule has 1 N–H and O–H groups in total. The van der Waals surface area contributed by atoms with E-state index in [1.54, 1.807) is 29.7 Å². The Hall–Kier alpha value is -1.68. The minimum atomic E-state index is -1.04. The van der Waals surface area contributed by atoms with E-state index in [2.05, 4.69) is 11.1 Å². The Labute approximate surface area is 154 Å². The van der Waals surface area contributed by atoms with Crippen LogP contribution in [-0.4, -0.2) is 26.4 Å². The van der Waals surface area contributed by atoms with Crippen molar-refractivity contribution in [3.63, 3.8) is 0 Å². The Morgan fingerprint density at radius 2 is 2.21 bits per heavy atom. The van der Waals surface area contributed by atoms with Crippen LogP contribution in [0.3, 0.4) is 0 Å². The number of hydrogen-bond acceptors (Lipinski definition) is 4. The van der Waals surface area contributed by atoms with Crippen LogP contribution in [0.15, 0.2) is 23.4 Å². The van der Waals surface area contributed by atoms with Crippen LogP contribution >= 0.6 is 35.0 Å². The highest BCUT2D eigenvalue weighted by Crippen LogP contribution is 2.27. The van der Waals surface area contributed by atoms with Crippen LogP contribution in [-0.2, 0) is 6.54 Å². The molecule has 0 saturated heterocycles. The molecule has 0 unspecified atom stereocenters. The van der Waals surface area contributed by atoms with Crippen LogP contribution in [0.5, 0.6) is 0 Å². The molecule has 2 rings (SSSR count). The zero-order valence-electron chi connectivity index (χ0n) is 12.9. The van der Waals surface area contributed by atoms with Gasteiger partial charge in [0.15, 0.2) is 10.9 Å². The third kappa shape index (κ3) is 4.44. The maximum absolute atomic E-state index is 11.6. The maximum Gasteiger partial charge on any atom is 0.354 e. The first-order valence-corrected chi connectivity index (χ1v) is 8.92. The molecule has 8 heteroatoms. The van der Waals surface area contributed by atoms with Gasteiger partial charge in [0, 0.05) is 22.2 Å². The fourth-order valence-corrected chi connectivity index (χ4v) is 3.58. The fraction of sp³-hybridized carbons (Fsp3) is 0.312. The molecule has 24 heavy (non-hydrogen) atoms. The number of benzene rings is 1. The predicted molar refractivity (Wildman–Crippen MR) is 95.1 cm³/mol. The topological polar surface area (TPSA) is 78.9 Å². The molecule has 2 aromatic rings. The molecule has 0 fully saturated rings. The summed E-state index contributed by atoms with van der Waals surface area (Å²) in [7, 11) is 0. The molecule has 1 aromatic heterocycles. The lowest BCUT2D eigenvalue weighted by molar-refractivity contribution is 0.0684. The molecule has 0 aliphatic rings. The van der Waals surface area contributed by atoms with Gasteiger partial charge in [0.25, 0.3) is 0 Å². The maximum atomic E-state index is 11.6. The van der Waals surface area contributed by atoms with Gasteiger partial charge in [-0.1, -0.05) is 35.0 Å². The molecule has 1 aromatic carbocycles. The fourth-order valence-electron chi connectivity index (χ4n) is 2.22. The monoisotopic (exact) mass is 383 g/mol. The molecule has 0 aliphatic carbocycles. The average molecular weight is 384 g/mol. The smallest absolute Gasteiger partial charge is 0.354 e. The van der Waals surface area contributed by atoms with E-state index >= 15 is 0 Å². The number of hydrogen-bond donors (Lipinski definition) is 1. The number of carboxylic acids is 1. The molecule has 5 nitrogen and oxygen atoms in total. The van der Waals surface area contributed by atoms with Gasteiger partial charge in [0.2, 0.25) is 0 Å². The van der Waals surface area contributed by atoms with E-state index in [0.717, 1.165) is 5.56 Å². The van der Waals surface area contributed by atoms with Crippen molar-refractivity contribution in [2.24, 2.45) is 0 Å². The summed E-state index contributed by atoms with van der Waals surface area (Å²) in [4.78, 5) is 16.0. The summed E-state index contributed by atoms with van der Waals surface area (Å²) in [6, 6.07) is 7.17. The first-order chi connectivity index (χ1) is 11.4. The highest BCUT2D eigenvalue weighted by Gasteiger charge is 2.21. The first kappa shape index (κ1) is 18.7. The van der Waals surface area contributed by atoms with Gasteiger partial charge >= 0.3 is 5.97 Å². The van der Waals surface area contributed by atoms with Crippen LogP contribution in [0.25, 0.3) is 0 Å². The number of aromatic carboxylic acids is 1. The van der Waals surface area contributed by atoms with E-state index in [0.29, 0.717) is 39.5 Å². The van der Waals surface area contributed by atoms with Crippen molar-refractivity contribution in [1.29, 1.82) is 5.26 Å². The Morgan fingerprint density at radius 1 is 1.46 bits per heavy atom. The van der Waals surface area contributed by atoms with E-state index in [4.69, 9.17) is 28.5 Å². The number of aromatic nitrogens is 2. The summed E-state index contributed by atoms with van der Waals surface area (Å²) in [5.74, 6) is -0.353. The highest BCUT2D eigenvalue weighted by atomic mass is 35.5. The molecule has 0 aliphatic heterocycles. The minimum absolute atomic E-state index is 0.133. The molecule has 1 heterocycles. The van der Waals surface area contributed by atoms with Gasteiger partial charge in [0.05, 0.1) is 18.3 Å². The Bertz CT molecular complexity index is 799. The Morgan fingerprint density at radius 3 is 2.88 bits per heavy atom. The van der Waals surface area contributed by atoms with E-state index in [9.17, 15) is 9.90 Å². The number of nitrogens with zero attached hydrogens (tertiary/aromatic N) is 3. The van der Waals surface area contributed by atoms with Crippen molar-refractivity contribution in [2.45, 2.75) is 31.5 Å². The number of nitriles is 1. The second-order valence-corrected chi connectivity index (χ2v) is 6.97. The molecule has 0 bridgehead atoms. The lowest BCUT2D eigenvalue weighted by Crippen LogP contribution is -2.12. The van der Waals surface area contributed by atoms with Crippen molar-refractivity contribution in [3.05, 3.63) is 45.2 Å². The van der Waals surface area contributed by atoms with Crippen molar-refractivity contribution < 1.29 is 9.90 Å². The van der Waals surface area contributed by atoms with Gasteiger partial charge in [-0.2, -0.15) is 5.26 Å². The third-order valence-electron chi connectivity index (χ3n) is 3.31. The zero-order chi connectivity index (χ0) is 17.7. The van der Waals surface area contributed by atoms with Crippen molar-refractivity contribution in [1.82, 2.24) is 9.55 Å². The highest BCUT2D eigenvalue weighted by molar-refractivity contribution is 7.99. The number of unbranched alkanes of at least 4 members (excludes halogenated alkanes) is 1. The molecule has 0 atom stereocenters.